The quantitative estimate of drug-likeness (QED) is 0.803. The van der Waals surface area contributed by atoms with Crippen LogP contribution >= 0.6 is 23.2 Å². The highest BCUT2D eigenvalue weighted by Crippen LogP contribution is 2.34. The minimum atomic E-state index is -3.47. The smallest absolute Gasteiger partial charge is 0.216 e. The number of benzene rings is 1. The summed E-state index contributed by atoms with van der Waals surface area (Å²) in [6.07, 6.45) is 2.46. The molecule has 0 radical (unpaired) electrons. The summed E-state index contributed by atoms with van der Waals surface area (Å²) in [6, 6.07) is 4.56. The molecule has 2 N–H and O–H groups in total. The fourth-order valence-corrected chi connectivity index (χ4v) is 4.25. The first-order valence-electron chi connectivity index (χ1n) is 6.45. The molecule has 1 fully saturated rings. The Morgan fingerprint density at radius 3 is 2.35 bits per heavy atom. The topological polar surface area (TPSA) is 66.4 Å². The summed E-state index contributed by atoms with van der Waals surface area (Å²) in [5.74, 6) is 0.182. The molecule has 0 heterocycles. The molecule has 1 saturated carbocycles. The number of halogens is 2. The number of hydrogen-bond acceptors (Lipinski definition) is 3. The predicted octanol–water partition coefficient (Wildman–Crippen LogP) is 2.57. The fraction of sp³-hybridized carbons (Fsp3) is 0.538. The SMILES string of the molecule is O=S(=O)(Cc1cc(Cl)cc(Cl)c1)NC(CCO)C1CC1. The lowest BCUT2D eigenvalue weighted by molar-refractivity contribution is 0.265. The molecular weight excluding hydrogens is 321 g/mol. The maximum atomic E-state index is 12.2. The van der Waals surface area contributed by atoms with Crippen LogP contribution in [0.2, 0.25) is 10.0 Å². The Balaban J connectivity index is 2.05. The van der Waals surface area contributed by atoms with Crippen LogP contribution in [0.5, 0.6) is 0 Å². The molecule has 0 saturated heterocycles. The van der Waals surface area contributed by atoms with Gasteiger partial charge in [0.05, 0.1) is 5.75 Å². The van der Waals surface area contributed by atoms with Crippen LogP contribution in [0.1, 0.15) is 24.8 Å². The average molecular weight is 338 g/mol. The summed E-state index contributed by atoms with van der Waals surface area (Å²) < 4.78 is 27.0. The molecule has 0 aliphatic heterocycles. The van der Waals surface area contributed by atoms with Gasteiger partial charge >= 0.3 is 0 Å². The number of aliphatic hydroxyl groups excluding tert-OH is 1. The van der Waals surface area contributed by atoms with Crippen molar-refractivity contribution in [2.45, 2.75) is 31.1 Å². The molecule has 1 aromatic rings. The van der Waals surface area contributed by atoms with E-state index in [9.17, 15) is 8.42 Å². The van der Waals surface area contributed by atoms with Crippen molar-refractivity contribution in [3.8, 4) is 0 Å². The molecule has 4 nitrogen and oxygen atoms in total. The van der Waals surface area contributed by atoms with Gasteiger partial charge in [0.25, 0.3) is 0 Å². The largest absolute Gasteiger partial charge is 0.396 e. The van der Waals surface area contributed by atoms with Crippen molar-refractivity contribution in [1.29, 1.82) is 0 Å². The highest BCUT2D eigenvalue weighted by molar-refractivity contribution is 7.88. The minimum absolute atomic E-state index is 0.0212. The Labute approximate surface area is 129 Å². The maximum absolute atomic E-state index is 12.2. The molecule has 0 amide bonds. The van der Waals surface area contributed by atoms with Crippen molar-refractivity contribution in [1.82, 2.24) is 4.72 Å². The summed E-state index contributed by atoms with van der Waals surface area (Å²) in [7, 11) is -3.47. The molecule has 2 rings (SSSR count). The third-order valence-electron chi connectivity index (χ3n) is 3.24. The molecule has 20 heavy (non-hydrogen) atoms. The van der Waals surface area contributed by atoms with Gasteiger partial charge in [-0.1, -0.05) is 23.2 Å². The van der Waals surface area contributed by atoms with Crippen LogP contribution in [0.15, 0.2) is 18.2 Å². The maximum Gasteiger partial charge on any atom is 0.216 e. The predicted molar refractivity (Wildman–Crippen MR) is 80.4 cm³/mol. The van der Waals surface area contributed by atoms with E-state index in [2.05, 4.69) is 4.72 Å². The van der Waals surface area contributed by atoms with Crippen LogP contribution in [0.4, 0.5) is 0 Å². The summed E-state index contributed by atoms with van der Waals surface area (Å²) in [4.78, 5) is 0. The second-order valence-corrected chi connectivity index (χ2v) is 7.74. The van der Waals surface area contributed by atoms with Crippen molar-refractivity contribution in [3.63, 3.8) is 0 Å². The van der Waals surface area contributed by atoms with E-state index in [0.29, 0.717) is 27.9 Å². The summed E-state index contributed by atoms with van der Waals surface area (Å²) in [6.45, 7) is -0.0212. The Morgan fingerprint density at radius 2 is 1.85 bits per heavy atom. The van der Waals surface area contributed by atoms with Gasteiger partial charge in [-0.25, -0.2) is 13.1 Å². The lowest BCUT2D eigenvalue weighted by atomic mass is 10.1. The van der Waals surface area contributed by atoms with E-state index in [1.165, 1.54) is 0 Å². The zero-order valence-corrected chi connectivity index (χ0v) is 13.2. The number of aliphatic hydroxyl groups is 1. The monoisotopic (exact) mass is 337 g/mol. The van der Waals surface area contributed by atoms with Gasteiger partial charge in [-0.15, -0.1) is 0 Å². The van der Waals surface area contributed by atoms with E-state index in [1.54, 1.807) is 18.2 Å². The van der Waals surface area contributed by atoms with Crippen molar-refractivity contribution < 1.29 is 13.5 Å². The molecule has 0 bridgehead atoms. The zero-order valence-electron chi connectivity index (χ0n) is 10.9. The van der Waals surface area contributed by atoms with Gasteiger partial charge in [-0.3, -0.25) is 0 Å². The van der Waals surface area contributed by atoms with Crippen LogP contribution in [0, 0.1) is 5.92 Å². The molecule has 1 atom stereocenters. The first-order chi connectivity index (χ1) is 9.39. The molecule has 1 aliphatic carbocycles. The molecule has 7 heteroatoms. The zero-order chi connectivity index (χ0) is 14.8. The molecule has 1 aliphatic rings. The van der Waals surface area contributed by atoms with Crippen molar-refractivity contribution >= 4 is 33.2 Å². The van der Waals surface area contributed by atoms with Crippen LogP contribution < -0.4 is 4.72 Å². The van der Waals surface area contributed by atoms with Gasteiger partial charge in [0.1, 0.15) is 0 Å². The van der Waals surface area contributed by atoms with E-state index in [1.807, 2.05) is 0 Å². The first kappa shape index (κ1) is 16.0. The van der Waals surface area contributed by atoms with Gasteiger partial charge in [0, 0.05) is 22.7 Å². The summed E-state index contributed by atoms with van der Waals surface area (Å²) in [5.41, 5.74) is 0.550. The normalized spacial score (nSPS) is 17.1. The minimum Gasteiger partial charge on any atom is -0.396 e. The molecular formula is C13H17Cl2NO3S. The highest BCUT2D eigenvalue weighted by atomic mass is 35.5. The van der Waals surface area contributed by atoms with Gasteiger partial charge in [0.15, 0.2) is 0 Å². The Kier molecular flexibility index (Phi) is 5.31. The van der Waals surface area contributed by atoms with E-state index < -0.39 is 10.0 Å². The second-order valence-electron chi connectivity index (χ2n) is 5.11. The molecule has 0 spiro atoms. The van der Waals surface area contributed by atoms with E-state index in [0.717, 1.165) is 12.8 Å². The number of sulfonamides is 1. The lowest BCUT2D eigenvalue weighted by Crippen LogP contribution is -2.37. The number of hydrogen-bond donors (Lipinski definition) is 2. The lowest BCUT2D eigenvalue weighted by Gasteiger charge is -2.17. The Morgan fingerprint density at radius 1 is 1.25 bits per heavy atom. The van der Waals surface area contributed by atoms with Crippen LogP contribution in [0.25, 0.3) is 0 Å². The third kappa shape index (κ3) is 4.90. The van der Waals surface area contributed by atoms with Gasteiger partial charge < -0.3 is 5.11 Å². The van der Waals surface area contributed by atoms with E-state index >= 15 is 0 Å². The third-order valence-corrected chi connectivity index (χ3v) is 5.05. The van der Waals surface area contributed by atoms with Gasteiger partial charge in [-0.05, 0) is 48.9 Å². The van der Waals surface area contributed by atoms with Crippen LogP contribution in [0.3, 0.4) is 0 Å². The summed E-state index contributed by atoms with van der Waals surface area (Å²) in [5, 5.41) is 9.83. The number of rotatable bonds is 7. The number of nitrogens with one attached hydrogen (secondary N) is 1. The molecule has 112 valence electrons. The van der Waals surface area contributed by atoms with Crippen molar-refractivity contribution in [2.24, 2.45) is 5.92 Å². The van der Waals surface area contributed by atoms with Gasteiger partial charge in [-0.2, -0.15) is 0 Å². The van der Waals surface area contributed by atoms with E-state index in [-0.39, 0.29) is 18.4 Å². The Hall–Kier alpha value is -0.330. The molecule has 0 aromatic heterocycles. The average Bonchev–Trinajstić information content (AvgIpc) is 3.09. The fourth-order valence-electron chi connectivity index (χ4n) is 2.21. The standard InChI is InChI=1S/C13H17Cl2NO3S/c14-11-5-9(6-12(15)7-11)8-20(18,19)16-13(3-4-17)10-1-2-10/h5-7,10,13,16-17H,1-4,8H2. The van der Waals surface area contributed by atoms with Crippen LogP contribution in [-0.2, 0) is 15.8 Å². The Bertz CT molecular complexity index is 553. The van der Waals surface area contributed by atoms with Crippen LogP contribution in [-0.4, -0.2) is 26.2 Å². The van der Waals surface area contributed by atoms with E-state index in [4.69, 9.17) is 28.3 Å². The highest BCUT2D eigenvalue weighted by Gasteiger charge is 2.33. The summed E-state index contributed by atoms with van der Waals surface area (Å²) >= 11 is 11.7. The molecule has 1 unspecified atom stereocenters. The van der Waals surface area contributed by atoms with Crippen molar-refractivity contribution in [2.75, 3.05) is 6.61 Å². The first-order valence-corrected chi connectivity index (χ1v) is 8.86. The van der Waals surface area contributed by atoms with Crippen molar-refractivity contribution in [3.05, 3.63) is 33.8 Å². The van der Waals surface area contributed by atoms with Gasteiger partial charge in [0.2, 0.25) is 10.0 Å². The molecule has 1 aromatic carbocycles. The second kappa shape index (κ2) is 6.62.